The Morgan fingerprint density at radius 1 is 1.10 bits per heavy atom. The van der Waals surface area contributed by atoms with Gasteiger partial charge in [-0.25, -0.2) is 0 Å². The number of hydrogen-bond donors (Lipinski definition) is 1. The monoisotopic (exact) mass is 277 g/mol. The fourth-order valence-electron chi connectivity index (χ4n) is 2.78. The highest BCUT2D eigenvalue weighted by molar-refractivity contribution is 5.49. The lowest BCUT2D eigenvalue weighted by molar-refractivity contribution is 0.0268. The highest BCUT2D eigenvalue weighted by atomic mass is 16.5. The summed E-state index contributed by atoms with van der Waals surface area (Å²) in [5.41, 5.74) is 2.53. The van der Waals surface area contributed by atoms with E-state index in [0.29, 0.717) is 5.92 Å². The molecule has 4 heteroatoms. The molecule has 20 heavy (non-hydrogen) atoms. The van der Waals surface area contributed by atoms with E-state index in [1.807, 2.05) is 0 Å². The lowest BCUT2D eigenvalue weighted by Crippen LogP contribution is -2.33. The van der Waals surface area contributed by atoms with Crippen molar-refractivity contribution in [3.8, 4) is 11.5 Å². The normalized spacial score (nSPS) is 22.6. The van der Waals surface area contributed by atoms with Crippen LogP contribution < -0.4 is 14.8 Å². The minimum absolute atomic E-state index is 0.110. The second-order valence-electron chi connectivity index (χ2n) is 5.70. The molecular weight excluding hydrogens is 254 g/mol. The third-order valence-corrected chi connectivity index (χ3v) is 3.85. The molecule has 0 saturated carbocycles. The van der Waals surface area contributed by atoms with Gasteiger partial charge in [0.15, 0.2) is 11.5 Å². The van der Waals surface area contributed by atoms with Crippen molar-refractivity contribution in [3.05, 3.63) is 23.3 Å². The molecule has 2 aliphatic heterocycles. The van der Waals surface area contributed by atoms with Crippen LogP contribution in [-0.4, -0.2) is 32.9 Å². The summed E-state index contributed by atoms with van der Waals surface area (Å²) in [5.74, 6) is 2.17. The number of morpholine rings is 1. The Kier molecular flexibility index (Phi) is 4.13. The van der Waals surface area contributed by atoms with Crippen molar-refractivity contribution in [2.24, 2.45) is 0 Å². The molecule has 0 aliphatic carbocycles. The van der Waals surface area contributed by atoms with E-state index in [1.165, 1.54) is 11.1 Å². The van der Waals surface area contributed by atoms with Gasteiger partial charge < -0.3 is 19.5 Å². The zero-order valence-corrected chi connectivity index (χ0v) is 12.3. The number of ether oxygens (including phenoxy) is 3. The SMILES string of the molecule is CC(C)c1cc2c(cc1C1CNCCO1)OCCCO2. The quantitative estimate of drug-likeness (QED) is 0.902. The molecule has 0 aromatic heterocycles. The predicted octanol–water partition coefficient (Wildman–Crippen LogP) is 2.63. The van der Waals surface area contributed by atoms with Crippen LogP contribution in [0.3, 0.4) is 0 Å². The van der Waals surface area contributed by atoms with Crippen LogP contribution in [0.2, 0.25) is 0 Å². The Morgan fingerprint density at radius 3 is 2.50 bits per heavy atom. The number of hydrogen-bond acceptors (Lipinski definition) is 4. The highest BCUT2D eigenvalue weighted by Crippen LogP contribution is 2.38. The molecule has 4 nitrogen and oxygen atoms in total. The first-order chi connectivity index (χ1) is 9.75. The zero-order chi connectivity index (χ0) is 13.9. The predicted molar refractivity (Wildman–Crippen MR) is 77.7 cm³/mol. The molecule has 0 radical (unpaired) electrons. The lowest BCUT2D eigenvalue weighted by Gasteiger charge is -2.27. The van der Waals surface area contributed by atoms with E-state index in [1.54, 1.807) is 0 Å². The van der Waals surface area contributed by atoms with Crippen molar-refractivity contribution < 1.29 is 14.2 Å². The molecule has 0 bridgehead atoms. The Balaban J connectivity index is 1.99. The third kappa shape index (κ3) is 2.76. The molecule has 1 saturated heterocycles. The van der Waals surface area contributed by atoms with E-state index in [2.05, 4.69) is 31.3 Å². The van der Waals surface area contributed by atoms with E-state index in [0.717, 1.165) is 50.8 Å². The molecule has 1 aromatic rings. The van der Waals surface area contributed by atoms with Crippen LogP contribution in [-0.2, 0) is 4.74 Å². The van der Waals surface area contributed by atoms with Crippen molar-refractivity contribution in [1.29, 1.82) is 0 Å². The smallest absolute Gasteiger partial charge is 0.161 e. The van der Waals surface area contributed by atoms with Crippen LogP contribution in [0, 0.1) is 0 Å². The van der Waals surface area contributed by atoms with E-state index in [9.17, 15) is 0 Å². The molecule has 1 aromatic carbocycles. The van der Waals surface area contributed by atoms with Gasteiger partial charge in [-0.2, -0.15) is 0 Å². The van der Waals surface area contributed by atoms with Gasteiger partial charge in [0.2, 0.25) is 0 Å². The van der Waals surface area contributed by atoms with Gasteiger partial charge in [0, 0.05) is 19.5 Å². The first kappa shape index (κ1) is 13.7. The summed E-state index contributed by atoms with van der Waals surface area (Å²) in [6, 6.07) is 4.26. The number of benzene rings is 1. The first-order valence-electron chi connectivity index (χ1n) is 7.51. The Bertz CT molecular complexity index is 467. The Labute approximate surface area is 120 Å². The van der Waals surface area contributed by atoms with Gasteiger partial charge in [0.1, 0.15) is 0 Å². The largest absolute Gasteiger partial charge is 0.490 e. The minimum Gasteiger partial charge on any atom is -0.490 e. The van der Waals surface area contributed by atoms with Crippen LogP contribution in [0.5, 0.6) is 11.5 Å². The van der Waals surface area contributed by atoms with Crippen LogP contribution in [0.25, 0.3) is 0 Å². The van der Waals surface area contributed by atoms with Crippen molar-refractivity contribution in [3.63, 3.8) is 0 Å². The van der Waals surface area contributed by atoms with Crippen molar-refractivity contribution in [2.75, 3.05) is 32.9 Å². The maximum atomic E-state index is 5.92. The molecule has 110 valence electrons. The van der Waals surface area contributed by atoms with Gasteiger partial charge in [0.25, 0.3) is 0 Å². The average molecular weight is 277 g/mol. The number of rotatable bonds is 2. The molecule has 0 spiro atoms. The summed E-state index contributed by atoms with van der Waals surface area (Å²) in [5, 5.41) is 3.39. The van der Waals surface area contributed by atoms with E-state index in [-0.39, 0.29) is 6.10 Å². The molecule has 2 heterocycles. The standard InChI is InChI=1S/C16H23NO3/c1-11(2)12-8-14-15(19-6-3-5-18-14)9-13(12)16-10-17-4-7-20-16/h8-9,11,16-17H,3-7,10H2,1-2H3. The first-order valence-corrected chi connectivity index (χ1v) is 7.51. The molecule has 1 fully saturated rings. The maximum Gasteiger partial charge on any atom is 0.161 e. The van der Waals surface area contributed by atoms with Crippen LogP contribution in [0.15, 0.2) is 12.1 Å². The van der Waals surface area contributed by atoms with Crippen molar-refractivity contribution in [2.45, 2.75) is 32.3 Å². The summed E-state index contributed by atoms with van der Waals surface area (Å²) in [6.45, 7) is 8.41. The van der Waals surface area contributed by atoms with Gasteiger partial charge in [-0.05, 0) is 29.2 Å². The number of nitrogens with one attached hydrogen (secondary N) is 1. The van der Waals surface area contributed by atoms with Gasteiger partial charge in [0.05, 0.1) is 25.9 Å². The minimum atomic E-state index is 0.110. The lowest BCUT2D eigenvalue weighted by atomic mass is 9.92. The summed E-state index contributed by atoms with van der Waals surface area (Å²) >= 11 is 0. The van der Waals surface area contributed by atoms with Crippen LogP contribution in [0.1, 0.15) is 43.4 Å². The molecule has 0 amide bonds. The van der Waals surface area contributed by atoms with Crippen LogP contribution in [0.4, 0.5) is 0 Å². The zero-order valence-electron chi connectivity index (χ0n) is 12.3. The fraction of sp³-hybridized carbons (Fsp3) is 0.625. The second-order valence-corrected chi connectivity index (χ2v) is 5.70. The maximum absolute atomic E-state index is 5.92. The molecule has 3 rings (SSSR count). The number of fused-ring (bicyclic) bond motifs is 1. The van der Waals surface area contributed by atoms with Gasteiger partial charge in [-0.1, -0.05) is 13.8 Å². The van der Waals surface area contributed by atoms with Crippen molar-refractivity contribution in [1.82, 2.24) is 5.32 Å². The van der Waals surface area contributed by atoms with E-state index in [4.69, 9.17) is 14.2 Å². The Morgan fingerprint density at radius 2 is 1.85 bits per heavy atom. The summed E-state index contributed by atoms with van der Waals surface area (Å²) in [4.78, 5) is 0. The van der Waals surface area contributed by atoms with Crippen LogP contribution >= 0.6 is 0 Å². The highest BCUT2D eigenvalue weighted by Gasteiger charge is 2.24. The third-order valence-electron chi connectivity index (χ3n) is 3.85. The summed E-state index contributed by atoms with van der Waals surface area (Å²) < 4.78 is 17.5. The van der Waals surface area contributed by atoms with E-state index >= 15 is 0 Å². The summed E-state index contributed by atoms with van der Waals surface area (Å²) in [7, 11) is 0. The molecule has 1 atom stereocenters. The molecule has 2 aliphatic rings. The molecular formula is C16H23NO3. The van der Waals surface area contributed by atoms with E-state index < -0.39 is 0 Å². The average Bonchev–Trinajstić information content (AvgIpc) is 2.71. The van der Waals surface area contributed by atoms with Gasteiger partial charge in [-0.3, -0.25) is 0 Å². The van der Waals surface area contributed by atoms with Crippen molar-refractivity contribution >= 4 is 0 Å². The molecule has 1 N–H and O–H groups in total. The fourth-order valence-corrected chi connectivity index (χ4v) is 2.78. The molecule has 1 unspecified atom stereocenters. The Hall–Kier alpha value is -1.26. The van der Waals surface area contributed by atoms with Gasteiger partial charge in [-0.15, -0.1) is 0 Å². The van der Waals surface area contributed by atoms with Gasteiger partial charge >= 0.3 is 0 Å². The topological polar surface area (TPSA) is 39.7 Å². The second kappa shape index (κ2) is 6.02. The summed E-state index contributed by atoms with van der Waals surface area (Å²) in [6.07, 6.45) is 1.04.